The number of primary amides is 1. The molecule has 0 aromatic carbocycles. The van der Waals surface area contributed by atoms with E-state index in [1.807, 2.05) is 0 Å². The molecule has 2 unspecified atom stereocenters. The van der Waals surface area contributed by atoms with Crippen LogP contribution in [0.2, 0.25) is 0 Å². The first-order chi connectivity index (χ1) is 8.16. The fourth-order valence-electron chi connectivity index (χ4n) is 2.31. The molecule has 2 atom stereocenters. The van der Waals surface area contributed by atoms with Gasteiger partial charge in [-0.3, -0.25) is 4.79 Å². The first kappa shape index (κ1) is 12.2. The Hall–Kier alpha value is -1.30. The molecule has 17 heavy (non-hydrogen) atoms. The molecule has 0 spiro atoms. The maximum absolute atomic E-state index is 11.9. The molecule has 2 fully saturated rings. The van der Waals surface area contributed by atoms with E-state index in [-0.39, 0.29) is 23.9 Å². The number of piperidine rings is 1. The number of urea groups is 1. The molecule has 2 saturated heterocycles. The van der Waals surface area contributed by atoms with Crippen LogP contribution in [0, 0.1) is 5.92 Å². The summed E-state index contributed by atoms with van der Waals surface area (Å²) in [7, 11) is 0. The van der Waals surface area contributed by atoms with Gasteiger partial charge in [0, 0.05) is 19.7 Å². The molecular formula is C11H19N3O3. The number of hydrogen-bond acceptors (Lipinski definition) is 3. The third-order valence-electron chi connectivity index (χ3n) is 3.37. The molecule has 2 heterocycles. The predicted octanol–water partition coefficient (Wildman–Crippen LogP) is -0.318. The lowest BCUT2D eigenvalue weighted by molar-refractivity contribution is -0.123. The summed E-state index contributed by atoms with van der Waals surface area (Å²) in [6.07, 6.45) is 2.48. The zero-order chi connectivity index (χ0) is 12.3. The van der Waals surface area contributed by atoms with Gasteiger partial charge in [0.05, 0.1) is 18.6 Å². The van der Waals surface area contributed by atoms with Crippen molar-refractivity contribution in [2.45, 2.75) is 25.3 Å². The van der Waals surface area contributed by atoms with Crippen molar-refractivity contribution in [2.75, 3.05) is 26.3 Å². The number of nitrogens with two attached hydrogens (primary N) is 1. The quantitative estimate of drug-likeness (QED) is 0.695. The van der Waals surface area contributed by atoms with Gasteiger partial charge in [-0.15, -0.1) is 0 Å². The number of nitrogens with zero attached hydrogens (tertiary/aromatic N) is 1. The van der Waals surface area contributed by atoms with Crippen LogP contribution in [-0.4, -0.2) is 49.2 Å². The van der Waals surface area contributed by atoms with Gasteiger partial charge < -0.3 is 20.7 Å². The van der Waals surface area contributed by atoms with Crippen LogP contribution >= 0.6 is 0 Å². The van der Waals surface area contributed by atoms with Crippen LogP contribution in [0.1, 0.15) is 19.3 Å². The Kier molecular flexibility index (Phi) is 3.83. The van der Waals surface area contributed by atoms with Crippen molar-refractivity contribution in [1.82, 2.24) is 10.2 Å². The van der Waals surface area contributed by atoms with Crippen molar-refractivity contribution < 1.29 is 14.3 Å². The Balaban J connectivity index is 1.83. The standard InChI is InChI=1S/C11H19N3O3/c12-10(15)8-2-1-4-14(6-8)11(16)13-9-3-5-17-7-9/h8-9H,1-7H2,(H2,12,15)(H,13,16). The van der Waals surface area contributed by atoms with E-state index in [0.29, 0.717) is 26.3 Å². The smallest absolute Gasteiger partial charge is 0.317 e. The average molecular weight is 241 g/mol. The Morgan fingerprint density at radius 3 is 2.82 bits per heavy atom. The van der Waals surface area contributed by atoms with Gasteiger partial charge in [0.15, 0.2) is 0 Å². The summed E-state index contributed by atoms with van der Waals surface area (Å²) in [6.45, 7) is 2.42. The summed E-state index contributed by atoms with van der Waals surface area (Å²) in [5.41, 5.74) is 5.28. The highest BCUT2D eigenvalue weighted by Crippen LogP contribution is 2.16. The fraction of sp³-hybridized carbons (Fsp3) is 0.818. The molecule has 0 saturated carbocycles. The second-order valence-electron chi connectivity index (χ2n) is 4.70. The van der Waals surface area contributed by atoms with Crippen molar-refractivity contribution >= 4 is 11.9 Å². The number of carbonyl (C=O) groups is 2. The minimum Gasteiger partial charge on any atom is -0.379 e. The maximum atomic E-state index is 11.9. The molecule has 0 aromatic heterocycles. The SMILES string of the molecule is NC(=O)C1CCCN(C(=O)NC2CCOC2)C1. The third-order valence-corrected chi connectivity index (χ3v) is 3.37. The largest absolute Gasteiger partial charge is 0.379 e. The molecule has 3 N–H and O–H groups in total. The van der Waals surface area contributed by atoms with Crippen LogP contribution in [0.4, 0.5) is 4.79 Å². The summed E-state index contributed by atoms with van der Waals surface area (Å²) in [6, 6.07) is 0.00269. The van der Waals surface area contributed by atoms with Crippen molar-refractivity contribution in [3.05, 3.63) is 0 Å². The van der Waals surface area contributed by atoms with Gasteiger partial charge >= 0.3 is 6.03 Å². The number of amides is 3. The molecule has 0 radical (unpaired) electrons. The molecule has 2 aliphatic rings. The maximum Gasteiger partial charge on any atom is 0.317 e. The summed E-state index contributed by atoms with van der Waals surface area (Å²) in [5, 5.41) is 2.92. The first-order valence-electron chi connectivity index (χ1n) is 6.09. The molecule has 2 rings (SSSR count). The van der Waals surface area contributed by atoms with Crippen LogP contribution < -0.4 is 11.1 Å². The zero-order valence-corrected chi connectivity index (χ0v) is 9.85. The minimum atomic E-state index is -0.313. The van der Waals surface area contributed by atoms with E-state index in [2.05, 4.69) is 5.32 Å². The molecule has 96 valence electrons. The number of ether oxygens (including phenoxy) is 1. The summed E-state index contributed by atoms with van der Waals surface area (Å²) >= 11 is 0. The number of rotatable bonds is 2. The predicted molar refractivity (Wildman–Crippen MR) is 61.2 cm³/mol. The lowest BCUT2D eigenvalue weighted by Crippen LogP contribution is -2.50. The number of likely N-dealkylation sites (tertiary alicyclic amines) is 1. The van der Waals surface area contributed by atoms with Gasteiger partial charge in [0.2, 0.25) is 5.91 Å². The Labute approximate surface area is 100 Å². The van der Waals surface area contributed by atoms with Gasteiger partial charge in [-0.25, -0.2) is 4.79 Å². The van der Waals surface area contributed by atoms with E-state index in [4.69, 9.17) is 10.5 Å². The highest BCUT2D eigenvalue weighted by molar-refractivity contribution is 5.79. The van der Waals surface area contributed by atoms with Crippen molar-refractivity contribution in [3.8, 4) is 0 Å². The normalized spacial score (nSPS) is 29.1. The summed E-state index contributed by atoms with van der Waals surface area (Å²) < 4.78 is 5.20. The minimum absolute atomic E-state index is 0.105. The number of hydrogen-bond donors (Lipinski definition) is 2. The van der Waals surface area contributed by atoms with Crippen LogP contribution in [0.5, 0.6) is 0 Å². The second-order valence-corrected chi connectivity index (χ2v) is 4.70. The van der Waals surface area contributed by atoms with E-state index in [1.54, 1.807) is 4.90 Å². The molecule has 6 heteroatoms. The van der Waals surface area contributed by atoms with Crippen LogP contribution in [0.25, 0.3) is 0 Å². The van der Waals surface area contributed by atoms with Gasteiger partial charge in [-0.05, 0) is 19.3 Å². The molecule has 0 bridgehead atoms. The molecule has 0 aromatic rings. The van der Waals surface area contributed by atoms with Gasteiger partial charge in [-0.2, -0.15) is 0 Å². The molecule has 6 nitrogen and oxygen atoms in total. The van der Waals surface area contributed by atoms with E-state index in [9.17, 15) is 9.59 Å². The van der Waals surface area contributed by atoms with E-state index < -0.39 is 0 Å². The lowest BCUT2D eigenvalue weighted by Gasteiger charge is -2.32. The third kappa shape index (κ3) is 3.09. The van der Waals surface area contributed by atoms with Crippen LogP contribution in [0.3, 0.4) is 0 Å². The van der Waals surface area contributed by atoms with Gasteiger partial charge in [0.25, 0.3) is 0 Å². The topological polar surface area (TPSA) is 84.7 Å². The zero-order valence-electron chi connectivity index (χ0n) is 9.85. The number of nitrogens with one attached hydrogen (secondary N) is 1. The highest BCUT2D eigenvalue weighted by Gasteiger charge is 2.28. The van der Waals surface area contributed by atoms with Crippen molar-refractivity contribution in [3.63, 3.8) is 0 Å². The van der Waals surface area contributed by atoms with Gasteiger partial charge in [-0.1, -0.05) is 0 Å². The lowest BCUT2D eigenvalue weighted by atomic mass is 9.98. The number of carbonyl (C=O) groups excluding carboxylic acids is 2. The molecule has 2 aliphatic heterocycles. The summed E-state index contributed by atoms with van der Waals surface area (Å²) in [4.78, 5) is 24.7. The Bertz CT molecular complexity index is 302. The van der Waals surface area contributed by atoms with Crippen molar-refractivity contribution in [2.24, 2.45) is 11.7 Å². The monoisotopic (exact) mass is 241 g/mol. The average Bonchev–Trinajstić information content (AvgIpc) is 2.82. The first-order valence-corrected chi connectivity index (χ1v) is 6.09. The molecule has 3 amide bonds. The summed E-state index contributed by atoms with van der Waals surface area (Å²) in [5.74, 6) is -0.513. The van der Waals surface area contributed by atoms with Crippen molar-refractivity contribution in [1.29, 1.82) is 0 Å². The highest BCUT2D eigenvalue weighted by atomic mass is 16.5. The van der Waals surface area contributed by atoms with E-state index in [0.717, 1.165) is 19.3 Å². The Morgan fingerprint density at radius 1 is 1.35 bits per heavy atom. The molecule has 0 aliphatic carbocycles. The van der Waals surface area contributed by atoms with Gasteiger partial charge in [0.1, 0.15) is 0 Å². The van der Waals surface area contributed by atoms with E-state index in [1.165, 1.54) is 0 Å². The van der Waals surface area contributed by atoms with Crippen LogP contribution in [-0.2, 0) is 9.53 Å². The van der Waals surface area contributed by atoms with Crippen LogP contribution in [0.15, 0.2) is 0 Å². The fourth-order valence-corrected chi connectivity index (χ4v) is 2.31. The second kappa shape index (κ2) is 5.35. The van der Waals surface area contributed by atoms with E-state index >= 15 is 0 Å². The molecular weight excluding hydrogens is 222 g/mol. The Morgan fingerprint density at radius 2 is 2.18 bits per heavy atom.